The molecule has 100 valence electrons. The normalized spacial score (nSPS) is 15.7. The summed E-state index contributed by atoms with van der Waals surface area (Å²) in [7, 11) is 0. The van der Waals surface area contributed by atoms with Crippen LogP contribution in [0, 0.1) is 0 Å². The molecule has 4 heteroatoms. The molecular formula is C15H19N3O. The SMILES string of the molecule is CC(N)Cc1ncc(-c2ccc3c(c2)CCCO3)[nH]1. The van der Waals surface area contributed by atoms with E-state index < -0.39 is 0 Å². The quantitative estimate of drug-likeness (QED) is 0.886. The predicted octanol–water partition coefficient (Wildman–Crippen LogP) is 2.29. The molecule has 1 atom stereocenters. The number of hydrogen-bond donors (Lipinski definition) is 2. The fourth-order valence-electron chi connectivity index (χ4n) is 2.45. The second-order valence-electron chi connectivity index (χ2n) is 5.20. The molecule has 4 nitrogen and oxygen atoms in total. The number of ether oxygens (including phenoxy) is 1. The van der Waals surface area contributed by atoms with Crippen LogP contribution in [0.5, 0.6) is 5.75 Å². The molecule has 1 aromatic heterocycles. The van der Waals surface area contributed by atoms with Gasteiger partial charge in [-0.15, -0.1) is 0 Å². The first-order valence-electron chi connectivity index (χ1n) is 6.78. The van der Waals surface area contributed by atoms with Gasteiger partial charge in [0.1, 0.15) is 11.6 Å². The van der Waals surface area contributed by atoms with E-state index in [0.717, 1.165) is 48.7 Å². The summed E-state index contributed by atoms with van der Waals surface area (Å²) in [5.74, 6) is 1.96. The van der Waals surface area contributed by atoms with Crippen molar-refractivity contribution in [1.29, 1.82) is 0 Å². The van der Waals surface area contributed by atoms with Gasteiger partial charge in [-0.2, -0.15) is 0 Å². The molecule has 1 aliphatic rings. The average Bonchev–Trinajstić information content (AvgIpc) is 2.86. The molecule has 0 spiro atoms. The van der Waals surface area contributed by atoms with Gasteiger partial charge in [0, 0.05) is 18.0 Å². The van der Waals surface area contributed by atoms with Crippen molar-refractivity contribution in [2.45, 2.75) is 32.2 Å². The number of H-pyrrole nitrogens is 1. The molecule has 0 radical (unpaired) electrons. The molecule has 0 fully saturated rings. The first kappa shape index (κ1) is 12.2. The van der Waals surface area contributed by atoms with Gasteiger partial charge >= 0.3 is 0 Å². The number of benzene rings is 1. The van der Waals surface area contributed by atoms with Crippen LogP contribution < -0.4 is 10.5 Å². The Kier molecular flexibility index (Phi) is 3.25. The smallest absolute Gasteiger partial charge is 0.122 e. The van der Waals surface area contributed by atoms with Gasteiger partial charge in [-0.3, -0.25) is 0 Å². The van der Waals surface area contributed by atoms with Crippen molar-refractivity contribution >= 4 is 0 Å². The number of nitrogens with one attached hydrogen (secondary N) is 1. The van der Waals surface area contributed by atoms with Gasteiger partial charge in [-0.05, 0) is 43.5 Å². The highest BCUT2D eigenvalue weighted by Gasteiger charge is 2.12. The van der Waals surface area contributed by atoms with Crippen LogP contribution in [0.2, 0.25) is 0 Å². The molecule has 0 saturated carbocycles. The van der Waals surface area contributed by atoms with E-state index in [0.29, 0.717) is 0 Å². The average molecular weight is 257 g/mol. The summed E-state index contributed by atoms with van der Waals surface area (Å²) in [6, 6.07) is 6.44. The molecule has 3 N–H and O–H groups in total. The van der Waals surface area contributed by atoms with Crippen molar-refractivity contribution in [2.75, 3.05) is 6.61 Å². The van der Waals surface area contributed by atoms with Crippen molar-refractivity contribution < 1.29 is 4.74 Å². The summed E-state index contributed by atoms with van der Waals surface area (Å²) in [6.45, 7) is 2.81. The van der Waals surface area contributed by atoms with E-state index in [1.54, 1.807) is 0 Å². The van der Waals surface area contributed by atoms with Crippen molar-refractivity contribution in [1.82, 2.24) is 9.97 Å². The maximum Gasteiger partial charge on any atom is 0.122 e. The Bertz CT molecular complexity index is 575. The van der Waals surface area contributed by atoms with Crippen LogP contribution in [0.3, 0.4) is 0 Å². The molecule has 0 amide bonds. The number of aromatic amines is 1. The molecule has 19 heavy (non-hydrogen) atoms. The fraction of sp³-hybridized carbons (Fsp3) is 0.400. The highest BCUT2D eigenvalue weighted by atomic mass is 16.5. The van der Waals surface area contributed by atoms with Gasteiger partial charge in [-0.1, -0.05) is 0 Å². The lowest BCUT2D eigenvalue weighted by Gasteiger charge is -2.17. The molecule has 1 aliphatic heterocycles. The van der Waals surface area contributed by atoms with E-state index in [4.69, 9.17) is 10.5 Å². The minimum Gasteiger partial charge on any atom is -0.493 e. The maximum absolute atomic E-state index is 5.79. The summed E-state index contributed by atoms with van der Waals surface area (Å²) >= 11 is 0. The van der Waals surface area contributed by atoms with Crippen molar-refractivity contribution in [3.05, 3.63) is 35.8 Å². The molecule has 1 aromatic carbocycles. The van der Waals surface area contributed by atoms with Gasteiger partial charge < -0.3 is 15.5 Å². The molecule has 1 unspecified atom stereocenters. The van der Waals surface area contributed by atoms with Gasteiger partial charge in [0.2, 0.25) is 0 Å². The van der Waals surface area contributed by atoms with Crippen molar-refractivity contribution in [2.24, 2.45) is 5.73 Å². The summed E-state index contributed by atoms with van der Waals surface area (Å²) in [5, 5.41) is 0. The lowest BCUT2D eigenvalue weighted by Crippen LogP contribution is -2.18. The summed E-state index contributed by atoms with van der Waals surface area (Å²) in [4.78, 5) is 7.71. The number of aryl methyl sites for hydroxylation is 1. The molecule has 0 aliphatic carbocycles. The summed E-state index contributed by atoms with van der Waals surface area (Å²) in [5.41, 5.74) is 9.28. The van der Waals surface area contributed by atoms with E-state index in [1.165, 1.54) is 5.56 Å². The van der Waals surface area contributed by atoms with Crippen LogP contribution >= 0.6 is 0 Å². The third-order valence-electron chi connectivity index (χ3n) is 3.36. The predicted molar refractivity (Wildman–Crippen MR) is 75.2 cm³/mol. The van der Waals surface area contributed by atoms with E-state index in [1.807, 2.05) is 13.1 Å². The molecular weight excluding hydrogens is 238 g/mol. The highest BCUT2D eigenvalue weighted by Crippen LogP contribution is 2.29. The first-order chi connectivity index (χ1) is 9.22. The van der Waals surface area contributed by atoms with E-state index >= 15 is 0 Å². The topological polar surface area (TPSA) is 63.9 Å². The Morgan fingerprint density at radius 1 is 1.47 bits per heavy atom. The second-order valence-corrected chi connectivity index (χ2v) is 5.20. The van der Waals surface area contributed by atoms with Gasteiger partial charge in [-0.25, -0.2) is 4.98 Å². The number of imidazole rings is 1. The minimum atomic E-state index is 0.121. The number of hydrogen-bond acceptors (Lipinski definition) is 3. The Labute approximate surface area is 113 Å². The van der Waals surface area contributed by atoms with E-state index in [9.17, 15) is 0 Å². The Morgan fingerprint density at radius 3 is 3.21 bits per heavy atom. The zero-order chi connectivity index (χ0) is 13.2. The van der Waals surface area contributed by atoms with E-state index in [-0.39, 0.29) is 6.04 Å². The minimum absolute atomic E-state index is 0.121. The highest BCUT2D eigenvalue weighted by molar-refractivity contribution is 5.62. The molecule has 0 bridgehead atoms. The van der Waals surface area contributed by atoms with Gasteiger partial charge in [0.05, 0.1) is 18.5 Å². The van der Waals surface area contributed by atoms with Crippen LogP contribution in [0.25, 0.3) is 11.3 Å². The number of aromatic nitrogens is 2. The Morgan fingerprint density at radius 2 is 2.37 bits per heavy atom. The molecule has 3 rings (SSSR count). The van der Waals surface area contributed by atoms with Gasteiger partial charge in [0.25, 0.3) is 0 Å². The fourth-order valence-corrected chi connectivity index (χ4v) is 2.45. The van der Waals surface area contributed by atoms with Crippen LogP contribution in [-0.4, -0.2) is 22.6 Å². The molecule has 0 saturated heterocycles. The zero-order valence-corrected chi connectivity index (χ0v) is 11.1. The number of nitrogens with two attached hydrogens (primary N) is 1. The number of nitrogens with zero attached hydrogens (tertiary/aromatic N) is 1. The largest absolute Gasteiger partial charge is 0.493 e. The maximum atomic E-state index is 5.79. The molecule has 2 heterocycles. The third-order valence-corrected chi connectivity index (χ3v) is 3.36. The summed E-state index contributed by atoms with van der Waals surface area (Å²) in [6.07, 6.45) is 4.83. The zero-order valence-electron chi connectivity index (χ0n) is 11.1. The van der Waals surface area contributed by atoms with Crippen molar-refractivity contribution in [3.8, 4) is 17.0 Å². The van der Waals surface area contributed by atoms with Gasteiger partial charge in [0.15, 0.2) is 0 Å². The lowest BCUT2D eigenvalue weighted by atomic mass is 10.0. The Hall–Kier alpha value is -1.81. The monoisotopic (exact) mass is 257 g/mol. The Balaban J connectivity index is 1.87. The van der Waals surface area contributed by atoms with Crippen LogP contribution in [0.1, 0.15) is 24.7 Å². The van der Waals surface area contributed by atoms with Crippen LogP contribution in [0.4, 0.5) is 0 Å². The summed E-state index contributed by atoms with van der Waals surface area (Å²) < 4.78 is 5.63. The standard InChI is InChI=1S/C15H19N3O/c1-10(16)7-15-17-9-13(18-15)11-4-5-14-12(8-11)3-2-6-19-14/h4-5,8-10H,2-3,6-7,16H2,1H3,(H,17,18). The van der Waals surface area contributed by atoms with Crippen LogP contribution in [-0.2, 0) is 12.8 Å². The third kappa shape index (κ3) is 2.63. The van der Waals surface area contributed by atoms with E-state index in [2.05, 4.69) is 28.2 Å². The number of rotatable bonds is 3. The second kappa shape index (κ2) is 5.05. The number of fused-ring (bicyclic) bond motifs is 1. The van der Waals surface area contributed by atoms with Crippen molar-refractivity contribution in [3.63, 3.8) is 0 Å². The lowest BCUT2D eigenvalue weighted by molar-refractivity contribution is 0.288. The first-order valence-corrected chi connectivity index (χ1v) is 6.78. The molecule has 2 aromatic rings. The van der Waals surface area contributed by atoms with Crippen LogP contribution in [0.15, 0.2) is 24.4 Å².